The van der Waals surface area contributed by atoms with Crippen LogP contribution in [-0.4, -0.2) is 6.36 Å². The standard InChI is InChI=1S/C14H11ClF3NO/c15-11-4-5-13(10(6-11)8-19)9-2-1-3-12(7-9)20-14(16,17)18/h1-7H,8,19H2. The average molecular weight is 302 g/mol. The van der Waals surface area contributed by atoms with Crippen LogP contribution in [0.25, 0.3) is 11.1 Å². The molecule has 2 nitrogen and oxygen atoms in total. The lowest BCUT2D eigenvalue weighted by Gasteiger charge is -2.12. The quantitative estimate of drug-likeness (QED) is 0.914. The molecule has 20 heavy (non-hydrogen) atoms. The first-order chi connectivity index (χ1) is 9.39. The van der Waals surface area contributed by atoms with Gasteiger partial charge in [0.1, 0.15) is 5.75 Å². The number of hydrogen-bond acceptors (Lipinski definition) is 2. The van der Waals surface area contributed by atoms with Crippen LogP contribution in [0.4, 0.5) is 13.2 Å². The minimum atomic E-state index is -4.71. The van der Waals surface area contributed by atoms with Crippen LogP contribution in [0.15, 0.2) is 42.5 Å². The Bertz CT molecular complexity index is 614. The Morgan fingerprint density at radius 2 is 1.85 bits per heavy atom. The largest absolute Gasteiger partial charge is 0.573 e. The van der Waals surface area contributed by atoms with Crippen molar-refractivity contribution in [2.75, 3.05) is 0 Å². The number of nitrogens with two attached hydrogens (primary N) is 1. The van der Waals surface area contributed by atoms with E-state index in [2.05, 4.69) is 4.74 Å². The summed E-state index contributed by atoms with van der Waals surface area (Å²) in [5.41, 5.74) is 7.69. The molecule has 0 fully saturated rings. The summed E-state index contributed by atoms with van der Waals surface area (Å²) in [4.78, 5) is 0. The highest BCUT2D eigenvalue weighted by Crippen LogP contribution is 2.30. The lowest BCUT2D eigenvalue weighted by Crippen LogP contribution is -2.17. The molecular formula is C14H11ClF3NO. The molecule has 106 valence electrons. The van der Waals surface area contributed by atoms with Crippen molar-refractivity contribution in [3.8, 4) is 16.9 Å². The van der Waals surface area contributed by atoms with E-state index in [1.54, 1.807) is 24.3 Å². The molecule has 0 aromatic heterocycles. The molecule has 0 aliphatic heterocycles. The van der Waals surface area contributed by atoms with Gasteiger partial charge in [-0.2, -0.15) is 0 Å². The molecule has 2 aromatic carbocycles. The monoisotopic (exact) mass is 301 g/mol. The third kappa shape index (κ3) is 3.65. The molecule has 2 aromatic rings. The van der Waals surface area contributed by atoms with Crippen molar-refractivity contribution in [1.82, 2.24) is 0 Å². The predicted octanol–water partition coefficient (Wildman–Crippen LogP) is 4.36. The second-order valence-corrected chi connectivity index (χ2v) is 4.52. The Kier molecular flexibility index (Phi) is 4.20. The normalized spacial score (nSPS) is 11.4. The maximum Gasteiger partial charge on any atom is 0.573 e. The first kappa shape index (κ1) is 14.7. The summed E-state index contributed by atoms with van der Waals surface area (Å²) in [6.45, 7) is 0.236. The number of ether oxygens (including phenoxy) is 1. The SMILES string of the molecule is NCc1cc(Cl)ccc1-c1cccc(OC(F)(F)F)c1. The first-order valence-corrected chi connectivity index (χ1v) is 6.11. The van der Waals surface area contributed by atoms with Crippen molar-refractivity contribution in [3.05, 3.63) is 53.1 Å². The molecule has 2 rings (SSSR count). The minimum Gasteiger partial charge on any atom is -0.406 e. The van der Waals surface area contributed by atoms with E-state index in [9.17, 15) is 13.2 Å². The van der Waals surface area contributed by atoms with Gasteiger partial charge < -0.3 is 10.5 Å². The molecule has 0 spiro atoms. The average Bonchev–Trinajstić information content (AvgIpc) is 2.36. The molecule has 6 heteroatoms. The Labute approximate surface area is 118 Å². The van der Waals surface area contributed by atoms with Crippen LogP contribution >= 0.6 is 11.6 Å². The summed E-state index contributed by atoms with van der Waals surface area (Å²) in [6.07, 6.45) is -4.71. The lowest BCUT2D eigenvalue weighted by atomic mass is 9.99. The Hall–Kier alpha value is -1.72. The van der Waals surface area contributed by atoms with Gasteiger partial charge in [0.25, 0.3) is 0 Å². The number of benzene rings is 2. The highest BCUT2D eigenvalue weighted by molar-refractivity contribution is 6.30. The predicted molar refractivity (Wildman–Crippen MR) is 71.5 cm³/mol. The van der Waals surface area contributed by atoms with Gasteiger partial charge in [0.15, 0.2) is 0 Å². The maximum absolute atomic E-state index is 12.2. The maximum atomic E-state index is 12.2. The molecule has 2 N–H and O–H groups in total. The van der Waals surface area contributed by atoms with Gasteiger partial charge in [-0.1, -0.05) is 29.8 Å². The van der Waals surface area contributed by atoms with E-state index < -0.39 is 6.36 Å². The van der Waals surface area contributed by atoms with Crippen molar-refractivity contribution in [2.24, 2.45) is 5.73 Å². The second-order valence-electron chi connectivity index (χ2n) is 4.08. The fraction of sp³-hybridized carbons (Fsp3) is 0.143. The third-order valence-electron chi connectivity index (χ3n) is 2.67. The molecule has 0 aliphatic rings. The number of rotatable bonds is 3. The van der Waals surface area contributed by atoms with Crippen molar-refractivity contribution in [1.29, 1.82) is 0 Å². The van der Waals surface area contributed by atoms with Crippen molar-refractivity contribution in [3.63, 3.8) is 0 Å². The molecule has 0 radical (unpaired) electrons. The summed E-state index contributed by atoms with van der Waals surface area (Å²) in [5.74, 6) is -0.270. The van der Waals surface area contributed by atoms with E-state index in [4.69, 9.17) is 17.3 Å². The molecule has 0 bridgehead atoms. The summed E-state index contributed by atoms with van der Waals surface area (Å²) >= 11 is 5.87. The molecular weight excluding hydrogens is 291 g/mol. The molecule has 0 saturated heterocycles. The van der Waals surface area contributed by atoms with Gasteiger partial charge >= 0.3 is 6.36 Å². The van der Waals surface area contributed by atoms with Crippen LogP contribution in [-0.2, 0) is 6.54 Å². The molecule has 0 heterocycles. The zero-order valence-corrected chi connectivity index (χ0v) is 11.0. The number of hydrogen-bond donors (Lipinski definition) is 1. The lowest BCUT2D eigenvalue weighted by molar-refractivity contribution is -0.274. The van der Waals surface area contributed by atoms with Crippen LogP contribution < -0.4 is 10.5 Å². The summed E-state index contributed by atoms with van der Waals surface area (Å²) in [5, 5.41) is 0.525. The van der Waals surface area contributed by atoms with E-state index in [1.165, 1.54) is 18.2 Å². The zero-order valence-electron chi connectivity index (χ0n) is 10.2. The van der Waals surface area contributed by atoms with Gasteiger partial charge in [-0.05, 0) is 41.0 Å². The van der Waals surface area contributed by atoms with Gasteiger partial charge in [0.05, 0.1) is 0 Å². The third-order valence-corrected chi connectivity index (χ3v) is 2.90. The molecule has 0 aliphatic carbocycles. The number of halogens is 4. The first-order valence-electron chi connectivity index (χ1n) is 5.74. The van der Waals surface area contributed by atoms with Crippen LogP contribution in [0.1, 0.15) is 5.56 Å². The van der Waals surface area contributed by atoms with Crippen LogP contribution in [0.2, 0.25) is 5.02 Å². The summed E-state index contributed by atoms with van der Waals surface area (Å²) < 4.78 is 40.5. The number of alkyl halides is 3. The van der Waals surface area contributed by atoms with E-state index in [-0.39, 0.29) is 12.3 Å². The molecule has 0 saturated carbocycles. The van der Waals surface area contributed by atoms with E-state index >= 15 is 0 Å². The van der Waals surface area contributed by atoms with E-state index in [0.29, 0.717) is 10.6 Å². The molecule has 0 atom stereocenters. The van der Waals surface area contributed by atoms with Crippen LogP contribution in [0.3, 0.4) is 0 Å². The Morgan fingerprint density at radius 3 is 2.50 bits per heavy atom. The smallest absolute Gasteiger partial charge is 0.406 e. The van der Waals surface area contributed by atoms with E-state index in [0.717, 1.165) is 11.1 Å². The van der Waals surface area contributed by atoms with Crippen molar-refractivity contribution >= 4 is 11.6 Å². The van der Waals surface area contributed by atoms with Gasteiger partial charge in [-0.3, -0.25) is 0 Å². The van der Waals surface area contributed by atoms with E-state index in [1.807, 2.05) is 0 Å². The van der Waals surface area contributed by atoms with Crippen molar-refractivity contribution in [2.45, 2.75) is 12.9 Å². The van der Waals surface area contributed by atoms with Crippen LogP contribution in [0.5, 0.6) is 5.75 Å². The van der Waals surface area contributed by atoms with Crippen molar-refractivity contribution < 1.29 is 17.9 Å². The van der Waals surface area contributed by atoms with Gasteiger partial charge in [-0.15, -0.1) is 13.2 Å². The van der Waals surface area contributed by atoms with Gasteiger partial charge in [-0.25, -0.2) is 0 Å². The molecule has 0 unspecified atom stereocenters. The highest BCUT2D eigenvalue weighted by Gasteiger charge is 2.31. The topological polar surface area (TPSA) is 35.2 Å². The van der Waals surface area contributed by atoms with Crippen LogP contribution in [0, 0.1) is 0 Å². The molecule has 0 amide bonds. The minimum absolute atomic E-state index is 0.236. The highest BCUT2D eigenvalue weighted by atomic mass is 35.5. The second kappa shape index (κ2) is 5.73. The fourth-order valence-electron chi connectivity index (χ4n) is 1.87. The van der Waals surface area contributed by atoms with Gasteiger partial charge in [0.2, 0.25) is 0 Å². The summed E-state index contributed by atoms with van der Waals surface area (Å²) in [7, 11) is 0. The zero-order chi connectivity index (χ0) is 14.8. The van der Waals surface area contributed by atoms with Gasteiger partial charge in [0, 0.05) is 11.6 Å². The summed E-state index contributed by atoms with van der Waals surface area (Å²) in [6, 6.07) is 10.8. The Balaban J connectivity index is 2.41. The fourth-order valence-corrected chi connectivity index (χ4v) is 2.07. The Morgan fingerprint density at radius 1 is 1.10 bits per heavy atom.